The second-order valence-corrected chi connectivity index (χ2v) is 5.75. The highest BCUT2D eigenvalue weighted by Crippen LogP contribution is 2.11. The molecule has 134 valence electrons. The number of nitrogens with zero attached hydrogens (tertiary/aromatic N) is 3. The van der Waals surface area contributed by atoms with Gasteiger partial charge in [0.05, 0.1) is 11.6 Å². The summed E-state index contributed by atoms with van der Waals surface area (Å²) in [5, 5.41) is 22.6. The Morgan fingerprint density at radius 1 is 1.07 bits per heavy atom. The molecule has 0 saturated carbocycles. The van der Waals surface area contributed by atoms with E-state index in [-0.39, 0.29) is 11.5 Å². The van der Waals surface area contributed by atoms with Crippen LogP contribution in [0.2, 0.25) is 0 Å². The maximum Gasteiger partial charge on any atom is 0.276 e. The number of amides is 1. The Hall–Kier alpha value is -3.79. The van der Waals surface area contributed by atoms with Crippen molar-refractivity contribution in [1.29, 1.82) is 5.26 Å². The predicted octanol–water partition coefficient (Wildman–Crippen LogP) is 3.39. The van der Waals surface area contributed by atoms with Gasteiger partial charge in [0.15, 0.2) is 5.69 Å². The Bertz CT molecular complexity index is 965. The van der Waals surface area contributed by atoms with Crippen LogP contribution in [0, 0.1) is 17.1 Å². The summed E-state index contributed by atoms with van der Waals surface area (Å²) in [5.74, 6) is -0.124. The molecule has 3 rings (SSSR count). The molecule has 27 heavy (non-hydrogen) atoms. The van der Waals surface area contributed by atoms with Crippen molar-refractivity contribution in [2.45, 2.75) is 6.42 Å². The summed E-state index contributed by atoms with van der Waals surface area (Å²) in [4.78, 5) is 12.2. The summed E-state index contributed by atoms with van der Waals surface area (Å²) < 4.78 is 12.9. The van der Waals surface area contributed by atoms with Crippen LogP contribution in [0.5, 0.6) is 0 Å². The van der Waals surface area contributed by atoms with Gasteiger partial charge in [0, 0.05) is 12.2 Å². The molecule has 0 aliphatic rings. The Kier molecular flexibility index (Phi) is 5.70. The normalized spacial score (nSPS) is 10.1. The molecule has 6 nitrogen and oxygen atoms in total. The minimum absolute atomic E-state index is 0.168. The van der Waals surface area contributed by atoms with Crippen LogP contribution in [-0.2, 0) is 6.42 Å². The Labute approximate surface area is 155 Å². The maximum atomic E-state index is 12.9. The van der Waals surface area contributed by atoms with E-state index in [0.29, 0.717) is 30.0 Å². The number of aromatic nitrogens is 2. The third-order valence-electron chi connectivity index (χ3n) is 3.78. The van der Waals surface area contributed by atoms with Crippen molar-refractivity contribution in [3.05, 3.63) is 83.3 Å². The fourth-order valence-electron chi connectivity index (χ4n) is 2.40. The molecule has 2 aromatic carbocycles. The topological polar surface area (TPSA) is 90.7 Å². The minimum Gasteiger partial charge on any atom is -0.368 e. The fraction of sp³-hybridized carbons (Fsp3) is 0.100. The van der Waals surface area contributed by atoms with Gasteiger partial charge in [-0.05, 0) is 54.4 Å². The number of hydrogen-bond acceptors (Lipinski definition) is 5. The van der Waals surface area contributed by atoms with Crippen LogP contribution < -0.4 is 10.6 Å². The second-order valence-electron chi connectivity index (χ2n) is 5.75. The first kappa shape index (κ1) is 18.0. The van der Waals surface area contributed by atoms with Crippen molar-refractivity contribution in [2.24, 2.45) is 0 Å². The van der Waals surface area contributed by atoms with Crippen LogP contribution in [0.4, 0.5) is 15.9 Å². The van der Waals surface area contributed by atoms with Gasteiger partial charge in [0.25, 0.3) is 5.91 Å². The number of halogens is 1. The van der Waals surface area contributed by atoms with Gasteiger partial charge in [-0.25, -0.2) is 4.39 Å². The van der Waals surface area contributed by atoms with Gasteiger partial charge in [-0.3, -0.25) is 4.79 Å². The standard InChI is InChI=1S/C20H16FN5O/c21-16-6-4-14(5-7-16)10-11-23-19-9-8-18(25-26-19)20(27)24-17-3-1-2-15(12-17)13-22/h1-9,12H,10-11H2,(H,23,26)(H,24,27). The minimum atomic E-state index is -0.407. The summed E-state index contributed by atoms with van der Waals surface area (Å²) in [6, 6.07) is 18.2. The van der Waals surface area contributed by atoms with Gasteiger partial charge >= 0.3 is 0 Å². The highest BCUT2D eigenvalue weighted by atomic mass is 19.1. The second kappa shape index (κ2) is 8.54. The number of carbonyl (C=O) groups excluding carboxylic acids is 1. The molecule has 0 unspecified atom stereocenters. The number of carbonyl (C=O) groups is 1. The zero-order chi connectivity index (χ0) is 19.1. The lowest BCUT2D eigenvalue weighted by Crippen LogP contribution is -2.15. The van der Waals surface area contributed by atoms with Crippen LogP contribution in [0.3, 0.4) is 0 Å². The highest BCUT2D eigenvalue weighted by Gasteiger charge is 2.09. The zero-order valence-corrected chi connectivity index (χ0v) is 14.3. The lowest BCUT2D eigenvalue weighted by Gasteiger charge is -2.07. The average molecular weight is 361 g/mol. The largest absolute Gasteiger partial charge is 0.368 e. The van der Waals surface area contributed by atoms with Crippen molar-refractivity contribution in [2.75, 3.05) is 17.2 Å². The molecule has 1 heterocycles. The Balaban J connectivity index is 1.53. The molecular weight excluding hydrogens is 345 g/mol. The van der Waals surface area contributed by atoms with Crippen molar-refractivity contribution in [3.63, 3.8) is 0 Å². The van der Waals surface area contributed by atoms with Gasteiger partial charge in [-0.1, -0.05) is 18.2 Å². The van der Waals surface area contributed by atoms with Gasteiger partial charge in [-0.15, -0.1) is 10.2 Å². The molecule has 0 bridgehead atoms. The Morgan fingerprint density at radius 2 is 1.89 bits per heavy atom. The first-order chi connectivity index (χ1) is 13.1. The van der Waals surface area contributed by atoms with Crippen molar-refractivity contribution >= 4 is 17.4 Å². The number of nitrogens with one attached hydrogen (secondary N) is 2. The molecule has 1 aromatic heterocycles. The summed E-state index contributed by atoms with van der Waals surface area (Å²) in [7, 11) is 0. The van der Waals surface area contributed by atoms with Crippen molar-refractivity contribution in [3.8, 4) is 6.07 Å². The average Bonchev–Trinajstić information content (AvgIpc) is 2.70. The van der Waals surface area contributed by atoms with E-state index in [2.05, 4.69) is 20.8 Å². The van der Waals surface area contributed by atoms with Crippen LogP contribution in [-0.4, -0.2) is 22.6 Å². The lowest BCUT2D eigenvalue weighted by atomic mass is 10.1. The van der Waals surface area contributed by atoms with E-state index < -0.39 is 5.91 Å². The van der Waals surface area contributed by atoms with Crippen molar-refractivity contribution in [1.82, 2.24) is 10.2 Å². The van der Waals surface area contributed by atoms with Gasteiger partial charge in [-0.2, -0.15) is 5.26 Å². The van der Waals surface area contributed by atoms with Gasteiger partial charge in [0.2, 0.25) is 0 Å². The molecule has 0 aliphatic carbocycles. The first-order valence-electron chi connectivity index (χ1n) is 8.27. The van der Waals surface area contributed by atoms with E-state index >= 15 is 0 Å². The predicted molar refractivity (Wildman–Crippen MR) is 99.7 cm³/mol. The number of rotatable bonds is 6. The molecule has 3 aromatic rings. The van der Waals surface area contributed by atoms with Crippen molar-refractivity contribution < 1.29 is 9.18 Å². The summed E-state index contributed by atoms with van der Waals surface area (Å²) in [6.45, 7) is 0.604. The maximum absolute atomic E-state index is 12.9. The smallest absolute Gasteiger partial charge is 0.276 e. The Morgan fingerprint density at radius 3 is 2.59 bits per heavy atom. The molecule has 2 N–H and O–H groups in total. The summed E-state index contributed by atoms with van der Waals surface area (Å²) >= 11 is 0. The molecule has 0 spiro atoms. The van der Waals surface area contributed by atoms with E-state index in [0.717, 1.165) is 5.56 Å². The van der Waals surface area contributed by atoms with E-state index in [1.807, 2.05) is 6.07 Å². The third-order valence-corrected chi connectivity index (χ3v) is 3.78. The zero-order valence-electron chi connectivity index (χ0n) is 14.3. The summed E-state index contributed by atoms with van der Waals surface area (Å²) in [6.07, 6.45) is 0.708. The number of hydrogen-bond donors (Lipinski definition) is 2. The van der Waals surface area contributed by atoms with Gasteiger partial charge < -0.3 is 10.6 Å². The first-order valence-corrected chi connectivity index (χ1v) is 8.27. The van der Waals surface area contributed by atoms with E-state index in [1.165, 1.54) is 12.1 Å². The molecule has 7 heteroatoms. The third kappa shape index (κ3) is 5.09. The van der Waals surface area contributed by atoms with Crippen LogP contribution in [0.1, 0.15) is 21.6 Å². The summed E-state index contributed by atoms with van der Waals surface area (Å²) in [5.41, 5.74) is 2.15. The SMILES string of the molecule is N#Cc1cccc(NC(=O)c2ccc(NCCc3ccc(F)cc3)nn2)c1. The van der Waals surface area contributed by atoms with Gasteiger partial charge in [0.1, 0.15) is 11.6 Å². The number of nitriles is 1. The van der Waals surface area contributed by atoms with Crippen LogP contribution in [0.25, 0.3) is 0 Å². The number of benzene rings is 2. The highest BCUT2D eigenvalue weighted by molar-refractivity contribution is 6.02. The molecule has 1 amide bonds. The van der Waals surface area contributed by atoms with E-state index in [9.17, 15) is 9.18 Å². The fourth-order valence-corrected chi connectivity index (χ4v) is 2.40. The van der Waals surface area contributed by atoms with E-state index in [1.54, 1.807) is 48.5 Å². The monoisotopic (exact) mass is 361 g/mol. The molecule has 0 atom stereocenters. The molecule has 0 saturated heterocycles. The van der Waals surface area contributed by atoms with Crippen LogP contribution >= 0.6 is 0 Å². The molecule has 0 fully saturated rings. The molecular formula is C20H16FN5O. The van der Waals surface area contributed by atoms with Crippen LogP contribution in [0.15, 0.2) is 60.7 Å². The lowest BCUT2D eigenvalue weighted by molar-refractivity contribution is 0.102. The number of anilines is 2. The molecule has 0 radical (unpaired) electrons. The molecule has 0 aliphatic heterocycles. The quantitative estimate of drug-likeness (QED) is 0.702. The van der Waals surface area contributed by atoms with E-state index in [4.69, 9.17) is 5.26 Å².